The maximum atomic E-state index is 13.1. The van der Waals surface area contributed by atoms with E-state index in [4.69, 9.17) is 9.47 Å². The summed E-state index contributed by atoms with van der Waals surface area (Å²) in [4.78, 5) is 38.2. The van der Waals surface area contributed by atoms with Crippen LogP contribution in [0.25, 0.3) is 0 Å². The molecule has 0 aliphatic carbocycles. The molecule has 1 atom stereocenters. The minimum absolute atomic E-state index is 0.0125. The molecule has 1 aliphatic heterocycles. The molecule has 8 heteroatoms. The lowest BCUT2D eigenvalue weighted by atomic mass is 10.1. The molecule has 7 nitrogen and oxygen atoms in total. The first kappa shape index (κ1) is 20.3. The van der Waals surface area contributed by atoms with E-state index in [0.29, 0.717) is 11.4 Å². The van der Waals surface area contributed by atoms with Crippen molar-refractivity contribution in [2.24, 2.45) is 5.92 Å². The fourth-order valence-corrected chi connectivity index (χ4v) is 3.13. The lowest BCUT2D eigenvalue weighted by Gasteiger charge is -2.20. The fourth-order valence-electron chi connectivity index (χ4n) is 3.13. The molecule has 1 fully saturated rings. The average Bonchev–Trinajstić information content (AvgIpc) is 3.07. The topological polar surface area (TPSA) is 84.9 Å². The number of halogens is 1. The molecule has 3 rings (SSSR count). The van der Waals surface area contributed by atoms with Crippen LogP contribution in [0.4, 0.5) is 15.8 Å². The van der Waals surface area contributed by atoms with Gasteiger partial charge in [0.15, 0.2) is 6.61 Å². The summed E-state index contributed by atoms with van der Waals surface area (Å²) in [7, 11) is 1.51. The van der Waals surface area contributed by atoms with Crippen LogP contribution in [0, 0.1) is 18.7 Å². The minimum atomic E-state index is -0.685. The summed E-state index contributed by atoms with van der Waals surface area (Å²) >= 11 is 0. The Morgan fingerprint density at radius 2 is 2.03 bits per heavy atom. The molecule has 2 aromatic carbocycles. The number of hydrogen-bond donors (Lipinski definition) is 1. The van der Waals surface area contributed by atoms with Crippen LogP contribution in [-0.2, 0) is 19.1 Å². The van der Waals surface area contributed by atoms with Gasteiger partial charge in [-0.05, 0) is 42.8 Å². The van der Waals surface area contributed by atoms with Crippen LogP contribution in [0.2, 0.25) is 0 Å². The molecule has 0 unspecified atom stereocenters. The Labute approximate surface area is 167 Å². The number of benzene rings is 2. The number of nitrogens with one attached hydrogen (secondary N) is 1. The molecule has 0 aromatic heterocycles. The van der Waals surface area contributed by atoms with Gasteiger partial charge in [-0.2, -0.15) is 0 Å². The summed E-state index contributed by atoms with van der Waals surface area (Å²) in [6, 6.07) is 10.8. The Morgan fingerprint density at radius 3 is 2.76 bits per heavy atom. The van der Waals surface area contributed by atoms with E-state index in [1.54, 1.807) is 6.07 Å². The first-order valence-electron chi connectivity index (χ1n) is 9.04. The van der Waals surface area contributed by atoms with E-state index in [0.717, 1.165) is 11.6 Å². The molecule has 1 heterocycles. The molecule has 0 bridgehead atoms. The average molecular weight is 400 g/mol. The van der Waals surface area contributed by atoms with Crippen molar-refractivity contribution < 1.29 is 28.2 Å². The van der Waals surface area contributed by atoms with Crippen molar-refractivity contribution in [2.45, 2.75) is 13.3 Å². The molecule has 2 amide bonds. The maximum absolute atomic E-state index is 13.1. The zero-order chi connectivity index (χ0) is 21.0. The quantitative estimate of drug-likeness (QED) is 0.754. The molecule has 152 valence electrons. The van der Waals surface area contributed by atoms with E-state index >= 15 is 0 Å². The van der Waals surface area contributed by atoms with Gasteiger partial charge in [0.2, 0.25) is 5.91 Å². The number of ether oxygens (including phenoxy) is 2. The Kier molecular flexibility index (Phi) is 6.11. The Hall–Kier alpha value is -3.42. The number of hydrogen-bond acceptors (Lipinski definition) is 5. The van der Waals surface area contributed by atoms with Gasteiger partial charge in [0.05, 0.1) is 18.7 Å². The second-order valence-electron chi connectivity index (χ2n) is 6.75. The number of rotatable bonds is 6. The summed E-state index contributed by atoms with van der Waals surface area (Å²) in [5, 5.41) is 2.44. The monoisotopic (exact) mass is 400 g/mol. The van der Waals surface area contributed by atoms with Crippen LogP contribution in [0.15, 0.2) is 42.5 Å². The zero-order valence-electron chi connectivity index (χ0n) is 16.1. The predicted octanol–water partition coefficient (Wildman–Crippen LogP) is 2.68. The highest BCUT2D eigenvalue weighted by Gasteiger charge is 2.37. The van der Waals surface area contributed by atoms with Gasteiger partial charge < -0.3 is 19.7 Å². The lowest BCUT2D eigenvalue weighted by Crippen LogP contribution is -2.28. The summed E-state index contributed by atoms with van der Waals surface area (Å²) in [6.07, 6.45) is -0.0125. The van der Waals surface area contributed by atoms with E-state index in [2.05, 4.69) is 5.32 Å². The summed E-state index contributed by atoms with van der Waals surface area (Å²) in [5.41, 5.74) is 1.81. The molecule has 29 heavy (non-hydrogen) atoms. The number of esters is 1. The standard InChI is InChI=1S/C21H21FN2O5/c1-13-6-7-18(28-2)17(8-13)24-11-14(9-20(24)26)21(27)29-12-19(25)23-16-5-3-4-15(22)10-16/h3-8,10,14H,9,11-12H2,1-2H3,(H,23,25)/t14-/m0/s1. The van der Waals surface area contributed by atoms with Gasteiger partial charge in [-0.15, -0.1) is 0 Å². The second kappa shape index (κ2) is 8.72. The number of anilines is 2. The Bertz CT molecular complexity index is 946. The number of amides is 2. The first-order chi connectivity index (χ1) is 13.9. The highest BCUT2D eigenvalue weighted by Crippen LogP contribution is 2.34. The third kappa shape index (κ3) is 4.90. The summed E-state index contributed by atoms with van der Waals surface area (Å²) in [5.74, 6) is -2.09. The van der Waals surface area contributed by atoms with Gasteiger partial charge in [0.25, 0.3) is 5.91 Å². The van der Waals surface area contributed by atoms with Crippen molar-refractivity contribution in [3.63, 3.8) is 0 Å². The van der Waals surface area contributed by atoms with Gasteiger partial charge >= 0.3 is 5.97 Å². The highest BCUT2D eigenvalue weighted by molar-refractivity contribution is 6.01. The summed E-state index contributed by atoms with van der Waals surface area (Å²) < 4.78 is 23.5. The van der Waals surface area contributed by atoms with E-state index in [1.165, 1.54) is 30.2 Å². The normalized spacial score (nSPS) is 15.9. The van der Waals surface area contributed by atoms with Crippen molar-refractivity contribution in [1.82, 2.24) is 0 Å². The van der Waals surface area contributed by atoms with Crippen molar-refractivity contribution in [2.75, 3.05) is 30.5 Å². The van der Waals surface area contributed by atoms with Crippen LogP contribution in [0.5, 0.6) is 5.75 Å². The molecule has 1 aliphatic rings. The van der Waals surface area contributed by atoms with Crippen LogP contribution in [-0.4, -0.2) is 38.0 Å². The third-order valence-corrected chi connectivity index (χ3v) is 4.54. The lowest BCUT2D eigenvalue weighted by molar-refractivity contribution is -0.151. The van der Waals surface area contributed by atoms with Gasteiger partial charge in [0.1, 0.15) is 11.6 Å². The first-order valence-corrected chi connectivity index (χ1v) is 9.04. The molecule has 0 spiro atoms. The molecular formula is C21H21FN2O5. The van der Waals surface area contributed by atoms with Crippen LogP contribution in [0.3, 0.4) is 0 Å². The van der Waals surface area contributed by atoms with Gasteiger partial charge in [0, 0.05) is 18.7 Å². The largest absolute Gasteiger partial charge is 0.495 e. The predicted molar refractivity (Wildman–Crippen MR) is 104 cm³/mol. The van der Waals surface area contributed by atoms with Gasteiger partial charge in [-0.1, -0.05) is 12.1 Å². The van der Waals surface area contributed by atoms with Crippen LogP contribution in [0.1, 0.15) is 12.0 Å². The molecule has 2 aromatic rings. The minimum Gasteiger partial charge on any atom is -0.495 e. The Morgan fingerprint density at radius 1 is 1.24 bits per heavy atom. The van der Waals surface area contributed by atoms with Crippen molar-refractivity contribution in [1.29, 1.82) is 0 Å². The molecule has 0 saturated carbocycles. The fraction of sp³-hybridized carbons (Fsp3) is 0.286. The van der Waals surface area contributed by atoms with E-state index in [-0.39, 0.29) is 24.6 Å². The van der Waals surface area contributed by atoms with Crippen molar-refractivity contribution in [3.8, 4) is 5.75 Å². The number of carbonyl (C=O) groups is 3. The van der Waals surface area contributed by atoms with Gasteiger partial charge in [-0.3, -0.25) is 14.4 Å². The van der Waals surface area contributed by atoms with E-state index in [1.807, 2.05) is 19.1 Å². The highest BCUT2D eigenvalue weighted by atomic mass is 19.1. The van der Waals surface area contributed by atoms with Crippen molar-refractivity contribution in [3.05, 3.63) is 53.8 Å². The summed E-state index contributed by atoms with van der Waals surface area (Å²) in [6.45, 7) is 1.52. The van der Waals surface area contributed by atoms with Gasteiger partial charge in [-0.25, -0.2) is 4.39 Å². The molecule has 0 radical (unpaired) electrons. The number of carbonyl (C=O) groups excluding carboxylic acids is 3. The Balaban J connectivity index is 1.58. The number of nitrogens with zero attached hydrogens (tertiary/aromatic N) is 1. The van der Waals surface area contributed by atoms with Crippen LogP contribution < -0.4 is 15.0 Å². The molecule has 1 saturated heterocycles. The van der Waals surface area contributed by atoms with E-state index < -0.39 is 30.2 Å². The second-order valence-corrected chi connectivity index (χ2v) is 6.75. The SMILES string of the molecule is COc1ccc(C)cc1N1C[C@@H](C(=O)OCC(=O)Nc2cccc(F)c2)CC1=O. The smallest absolute Gasteiger partial charge is 0.311 e. The zero-order valence-corrected chi connectivity index (χ0v) is 16.1. The number of aryl methyl sites for hydroxylation is 1. The van der Waals surface area contributed by atoms with Crippen LogP contribution >= 0.6 is 0 Å². The van der Waals surface area contributed by atoms with Crippen molar-refractivity contribution >= 4 is 29.2 Å². The molecular weight excluding hydrogens is 379 g/mol. The van der Waals surface area contributed by atoms with E-state index in [9.17, 15) is 18.8 Å². The maximum Gasteiger partial charge on any atom is 0.311 e. The third-order valence-electron chi connectivity index (χ3n) is 4.54. The number of methoxy groups -OCH3 is 1. The molecule has 1 N–H and O–H groups in total.